The first-order valence-electron chi connectivity index (χ1n) is 9.34. The number of hydrogen-bond donors (Lipinski definition) is 2. The molecule has 144 valence electrons. The predicted octanol–water partition coefficient (Wildman–Crippen LogP) is 4.89. The molecule has 0 spiro atoms. The van der Waals surface area contributed by atoms with Gasteiger partial charge in [-0.2, -0.15) is 0 Å². The second-order valence-electron chi connectivity index (χ2n) is 6.27. The average molecular weight is 376 g/mol. The van der Waals surface area contributed by atoms with Crippen molar-refractivity contribution >= 4 is 23.3 Å². The number of para-hydroxylation sites is 1. The molecule has 0 bridgehead atoms. The van der Waals surface area contributed by atoms with E-state index < -0.39 is 5.97 Å². The summed E-state index contributed by atoms with van der Waals surface area (Å²) in [7, 11) is 1.37. The Balaban J connectivity index is 1.96. The normalized spacial score (nSPS) is 10.4. The summed E-state index contributed by atoms with van der Waals surface area (Å²) < 4.78 is 4.87. The van der Waals surface area contributed by atoms with Gasteiger partial charge in [-0.3, -0.25) is 0 Å². The molecule has 0 atom stereocenters. The second-order valence-corrected chi connectivity index (χ2v) is 6.27. The predicted molar refractivity (Wildman–Crippen MR) is 112 cm³/mol. The van der Waals surface area contributed by atoms with E-state index >= 15 is 0 Å². The molecule has 1 aromatic heterocycles. The summed E-state index contributed by atoms with van der Waals surface area (Å²) in [6.45, 7) is 2.98. The highest BCUT2D eigenvalue weighted by molar-refractivity contribution is 5.96. The van der Waals surface area contributed by atoms with Crippen molar-refractivity contribution in [3.63, 3.8) is 0 Å². The zero-order valence-corrected chi connectivity index (χ0v) is 16.1. The first kappa shape index (κ1) is 19.4. The number of carbonyl (C=O) groups excluding carboxylic acids is 1. The maximum absolute atomic E-state index is 12.0. The van der Waals surface area contributed by atoms with Gasteiger partial charge in [-0.05, 0) is 18.6 Å². The van der Waals surface area contributed by atoms with Gasteiger partial charge in [0.2, 0.25) is 0 Å². The summed E-state index contributed by atoms with van der Waals surface area (Å²) in [5, 5.41) is 6.58. The number of anilines is 3. The van der Waals surface area contributed by atoms with Gasteiger partial charge < -0.3 is 15.4 Å². The Morgan fingerprint density at radius 2 is 1.71 bits per heavy atom. The Morgan fingerprint density at radius 1 is 1.00 bits per heavy atom. The third-order valence-corrected chi connectivity index (χ3v) is 4.19. The van der Waals surface area contributed by atoms with Crippen LogP contribution in [0.2, 0.25) is 0 Å². The van der Waals surface area contributed by atoms with E-state index in [1.54, 1.807) is 12.1 Å². The standard InChI is InChI=1S/C22H24N4O2/c1-3-4-14-23-19-15-20(26-21(25-19)16-10-6-5-7-11-16)24-18-13-9-8-12-17(18)22(27)28-2/h5-13,15H,3-4,14H2,1-2H3,(H2,23,24,25,26). The molecule has 0 saturated carbocycles. The van der Waals surface area contributed by atoms with E-state index in [0.717, 1.165) is 30.8 Å². The smallest absolute Gasteiger partial charge is 0.339 e. The van der Waals surface area contributed by atoms with E-state index in [9.17, 15) is 4.79 Å². The van der Waals surface area contributed by atoms with E-state index in [2.05, 4.69) is 27.5 Å². The molecule has 28 heavy (non-hydrogen) atoms. The van der Waals surface area contributed by atoms with Crippen LogP contribution in [0.3, 0.4) is 0 Å². The fourth-order valence-electron chi connectivity index (χ4n) is 2.73. The van der Waals surface area contributed by atoms with E-state index in [4.69, 9.17) is 4.74 Å². The lowest BCUT2D eigenvalue weighted by molar-refractivity contribution is 0.0602. The van der Waals surface area contributed by atoms with E-state index in [1.807, 2.05) is 48.5 Å². The van der Waals surface area contributed by atoms with Crippen LogP contribution < -0.4 is 10.6 Å². The number of carbonyl (C=O) groups is 1. The number of ether oxygens (including phenoxy) is 1. The van der Waals surface area contributed by atoms with E-state index in [-0.39, 0.29) is 0 Å². The van der Waals surface area contributed by atoms with Crippen molar-refractivity contribution in [2.45, 2.75) is 19.8 Å². The molecule has 0 aliphatic carbocycles. The number of aromatic nitrogens is 2. The van der Waals surface area contributed by atoms with Crippen molar-refractivity contribution in [3.05, 3.63) is 66.2 Å². The van der Waals surface area contributed by atoms with Gasteiger partial charge in [-0.25, -0.2) is 14.8 Å². The number of esters is 1. The zero-order valence-electron chi connectivity index (χ0n) is 16.1. The number of unbranched alkanes of at least 4 members (excludes halogenated alkanes) is 1. The molecule has 6 nitrogen and oxygen atoms in total. The van der Waals surface area contributed by atoms with Crippen LogP contribution in [0.15, 0.2) is 60.7 Å². The highest BCUT2D eigenvalue weighted by atomic mass is 16.5. The molecule has 0 unspecified atom stereocenters. The molecule has 0 aliphatic heterocycles. The number of rotatable bonds is 8. The Hall–Kier alpha value is -3.41. The fourth-order valence-corrected chi connectivity index (χ4v) is 2.73. The van der Waals surface area contributed by atoms with Gasteiger partial charge in [-0.1, -0.05) is 55.8 Å². The zero-order chi connectivity index (χ0) is 19.8. The minimum Gasteiger partial charge on any atom is -0.465 e. The van der Waals surface area contributed by atoms with E-state index in [1.165, 1.54) is 7.11 Å². The van der Waals surface area contributed by atoms with Crippen molar-refractivity contribution in [2.75, 3.05) is 24.3 Å². The summed E-state index contributed by atoms with van der Waals surface area (Å²) in [5.41, 5.74) is 2.00. The van der Waals surface area contributed by atoms with Gasteiger partial charge in [0.05, 0.1) is 18.4 Å². The van der Waals surface area contributed by atoms with Crippen molar-refractivity contribution in [3.8, 4) is 11.4 Å². The maximum Gasteiger partial charge on any atom is 0.339 e. The minimum atomic E-state index is -0.401. The molecule has 2 aromatic carbocycles. The van der Waals surface area contributed by atoms with Crippen molar-refractivity contribution in [2.24, 2.45) is 0 Å². The van der Waals surface area contributed by atoms with Gasteiger partial charge in [0, 0.05) is 18.2 Å². The highest BCUT2D eigenvalue weighted by Crippen LogP contribution is 2.25. The molecule has 0 radical (unpaired) electrons. The number of methoxy groups -OCH3 is 1. The van der Waals surface area contributed by atoms with Crippen LogP contribution in [-0.4, -0.2) is 29.6 Å². The van der Waals surface area contributed by atoms with Gasteiger partial charge >= 0.3 is 5.97 Å². The lowest BCUT2D eigenvalue weighted by Gasteiger charge is -2.13. The summed E-state index contributed by atoms with van der Waals surface area (Å²) >= 11 is 0. The highest BCUT2D eigenvalue weighted by Gasteiger charge is 2.13. The Labute approximate surface area is 165 Å². The van der Waals surface area contributed by atoms with Crippen LogP contribution in [0.5, 0.6) is 0 Å². The van der Waals surface area contributed by atoms with Crippen LogP contribution in [0.1, 0.15) is 30.1 Å². The molecule has 3 aromatic rings. The Kier molecular flexibility index (Phi) is 6.57. The lowest BCUT2D eigenvalue weighted by Crippen LogP contribution is -2.08. The molecule has 0 saturated heterocycles. The monoisotopic (exact) mass is 376 g/mol. The summed E-state index contributed by atoms with van der Waals surface area (Å²) in [6.07, 6.45) is 2.15. The molecule has 6 heteroatoms. The Bertz CT molecular complexity index is 929. The molecule has 0 aliphatic rings. The van der Waals surface area contributed by atoms with Crippen LogP contribution in [0, 0.1) is 0 Å². The molecule has 3 rings (SSSR count). The van der Waals surface area contributed by atoms with Gasteiger partial charge in [0.1, 0.15) is 11.6 Å². The summed E-state index contributed by atoms with van der Waals surface area (Å²) in [5.74, 6) is 1.55. The van der Waals surface area contributed by atoms with Gasteiger partial charge in [-0.15, -0.1) is 0 Å². The van der Waals surface area contributed by atoms with Crippen LogP contribution in [0.25, 0.3) is 11.4 Å². The second kappa shape index (κ2) is 9.50. The quantitative estimate of drug-likeness (QED) is 0.431. The largest absolute Gasteiger partial charge is 0.465 e. The molecule has 1 heterocycles. The maximum atomic E-state index is 12.0. The molecule has 0 fully saturated rings. The van der Waals surface area contributed by atoms with Gasteiger partial charge in [0.15, 0.2) is 5.82 Å². The third-order valence-electron chi connectivity index (χ3n) is 4.19. The number of benzene rings is 2. The number of nitrogens with zero attached hydrogens (tertiary/aromatic N) is 2. The summed E-state index contributed by atoms with van der Waals surface area (Å²) in [6, 6.07) is 18.8. The lowest BCUT2D eigenvalue weighted by atomic mass is 10.2. The topological polar surface area (TPSA) is 76.1 Å². The number of hydrogen-bond acceptors (Lipinski definition) is 6. The molecular weight excluding hydrogens is 352 g/mol. The first-order chi connectivity index (χ1) is 13.7. The number of nitrogens with one attached hydrogen (secondary N) is 2. The van der Waals surface area contributed by atoms with Crippen LogP contribution in [-0.2, 0) is 4.74 Å². The van der Waals surface area contributed by atoms with Gasteiger partial charge in [0.25, 0.3) is 0 Å². The molecule has 2 N–H and O–H groups in total. The summed E-state index contributed by atoms with van der Waals surface area (Å²) in [4.78, 5) is 21.3. The van der Waals surface area contributed by atoms with Crippen molar-refractivity contribution in [1.82, 2.24) is 9.97 Å². The first-order valence-corrected chi connectivity index (χ1v) is 9.34. The minimum absolute atomic E-state index is 0.401. The van der Waals surface area contributed by atoms with Crippen LogP contribution >= 0.6 is 0 Å². The molecular formula is C22H24N4O2. The average Bonchev–Trinajstić information content (AvgIpc) is 2.74. The fraction of sp³-hybridized carbons (Fsp3) is 0.227. The van der Waals surface area contributed by atoms with E-state index in [0.29, 0.717) is 22.9 Å². The SMILES string of the molecule is CCCCNc1cc(Nc2ccccc2C(=O)OC)nc(-c2ccccc2)n1. The Morgan fingerprint density at radius 3 is 2.46 bits per heavy atom. The van der Waals surface area contributed by atoms with Crippen molar-refractivity contribution < 1.29 is 9.53 Å². The van der Waals surface area contributed by atoms with Crippen molar-refractivity contribution in [1.29, 1.82) is 0 Å². The third kappa shape index (κ3) is 4.85. The van der Waals surface area contributed by atoms with Crippen LogP contribution in [0.4, 0.5) is 17.3 Å². The molecule has 0 amide bonds.